The second-order valence-corrected chi connectivity index (χ2v) is 5.71. The monoisotopic (exact) mass is 313 g/mol. The fourth-order valence-corrected chi connectivity index (χ4v) is 2.79. The van der Waals surface area contributed by atoms with Gasteiger partial charge in [-0.1, -0.05) is 46.9 Å². The minimum absolute atomic E-state index is 0.00861. The lowest BCUT2D eigenvalue weighted by Gasteiger charge is -2.18. The molecule has 1 nitrogen and oxygen atoms in total. The SMILES string of the molecule is CNC(c1cc(Cl)cc(Cl)c1)c1ccc(C)c(Cl)c1. The van der Waals surface area contributed by atoms with Gasteiger partial charge in [-0.25, -0.2) is 0 Å². The zero-order chi connectivity index (χ0) is 14.0. The first-order chi connectivity index (χ1) is 9.01. The number of halogens is 3. The molecular weight excluding hydrogens is 301 g/mol. The lowest BCUT2D eigenvalue weighted by Crippen LogP contribution is -2.17. The molecule has 2 aromatic carbocycles. The summed E-state index contributed by atoms with van der Waals surface area (Å²) in [7, 11) is 1.90. The lowest BCUT2D eigenvalue weighted by atomic mass is 9.98. The van der Waals surface area contributed by atoms with E-state index < -0.39 is 0 Å². The molecule has 0 aromatic heterocycles. The Hall–Kier alpha value is -0.730. The fourth-order valence-electron chi connectivity index (χ4n) is 2.06. The van der Waals surface area contributed by atoms with Crippen LogP contribution in [0, 0.1) is 6.92 Å². The van der Waals surface area contributed by atoms with E-state index in [1.165, 1.54) is 0 Å². The number of benzene rings is 2. The van der Waals surface area contributed by atoms with Gasteiger partial charge in [0, 0.05) is 15.1 Å². The number of hydrogen-bond donors (Lipinski definition) is 1. The van der Waals surface area contributed by atoms with Gasteiger partial charge in [0.1, 0.15) is 0 Å². The molecule has 0 bridgehead atoms. The van der Waals surface area contributed by atoms with Gasteiger partial charge in [0.25, 0.3) is 0 Å². The van der Waals surface area contributed by atoms with Crippen LogP contribution in [-0.2, 0) is 0 Å². The van der Waals surface area contributed by atoms with Crippen LogP contribution in [0.1, 0.15) is 22.7 Å². The van der Waals surface area contributed by atoms with Gasteiger partial charge in [-0.15, -0.1) is 0 Å². The minimum Gasteiger partial charge on any atom is -0.309 e. The third kappa shape index (κ3) is 3.43. The van der Waals surface area contributed by atoms with Crippen LogP contribution >= 0.6 is 34.8 Å². The van der Waals surface area contributed by atoms with Crippen LogP contribution in [0.2, 0.25) is 15.1 Å². The normalized spacial score (nSPS) is 12.5. The molecule has 0 radical (unpaired) electrons. The number of rotatable bonds is 3. The maximum Gasteiger partial charge on any atom is 0.0575 e. The van der Waals surface area contributed by atoms with E-state index in [1.807, 2.05) is 38.2 Å². The predicted molar refractivity (Wildman–Crippen MR) is 83.6 cm³/mol. The first-order valence-corrected chi connectivity index (χ1v) is 7.04. The van der Waals surface area contributed by atoms with Gasteiger partial charge in [-0.3, -0.25) is 0 Å². The highest BCUT2D eigenvalue weighted by Gasteiger charge is 2.14. The molecule has 1 N–H and O–H groups in total. The number of aryl methyl sites for hydroxylation is 1. The van der Waals surface area contributed by atoms with E-state index in [1.54, 1.807) is 6.07 Å². The third-order valence-electron chi connectivity index (χ3n) is 3.04. The molecule has 0 amide bonds. The van der Waals surface area contributed by atoms with E-state index in [9.17, 15) is 0 Å². The molecule has 4 heteroatoms. The molecule has 1 unspecified atom stereocenters. The molecule has 0 fully saturated rings. The van der Waals surface area contributed by atoms with Crippen molar-refractivity contribution in [2.75, 3.05) is 7.05 Å². The summed E-state index contributed by atoms with van der Waals surface area (Å²) in [6.07, 6.45) is 0. The molecule has 100 valence electrons. The first kappa shape index (κ1) is 14.7. The van der Waals surface area contributed by atoms with Crippen molar-refractivity contribution in [1.82, 2.24) is 5.32 Å². The number of hydrogen-bond acceptors (Lipinski definition) is 1. The van der Waals surface area contributed by atoms with Crippen LogP contribution < -0.4 is 5.32 Å². The second-order valence-electron chi connectivity index (χ2n) is 4.43. The highest BCUT2D eigenvalue weighted by Crippen LogP contribution is 2.29. The third-order valence-corrected chi connectivity index (χ3v) is 3.88. The van der Waals surface area contributed by atoms with Crippen molar-refractivity contribution in [2.24, 2.45) is 0 Å². The Kier molecular flexibility index (Phi) is 4.75. The Morgan fingerprint density at radius 1 is 0.895 bits per heavy atom. The van der Waals surface area contributed by atoms with E-state index in [2.05, 4.69) is 11.4 Å². The van der Waals surface area contributed by atoms with Crippen molar-refractivity contribution in [3.05, 3.63) is 68.2 Å². The molecule has 0 spiro atoms. The molecule has 1 atom stereocenters. The molecule has 0 saturated heterocycles. The van der Waals surface area contributed by atoms with Crippen LogP contribution in [0.3, 0.4) is 0 Å². The molecule has 0 heterocycles. The van der Waals surface area contributed by atoms with Gasteiger partial charge in [0.15, 0.2) is 0 Å². The summed E-state index contributed by atoms with van der Waals surface area (Å²) < 4.78 is 0. The minimum atomic E-state index is 0.00861. The summed E-state index contributed by atoms with van der Waals surface area (Å²) in [5, 5.41) is 5.27. The molecular formula is C15H14Cl3N. The molecule has 0 aliphatic carbocycles. The van der Waals surface area contributed by atoms with Crippen molar-refractivity contribution < 1.29 is 0 Å². The van der Waals surface area contributed by atoms with Gasteiger partial charge in [-0.05, 0) is 54.9 Å². The van der Waals surface area contributed by atoms with Crippen LogP contribution in [0.5, 0.6) is 0 Å². The van der Waals surface area contributed by atoms with Crippen molar-refractivity contribution in [3.63, 3.8) is 0 Å². The predicted octanol–water partition coefficient (Wildman–Crippen LogP) is 5.26. The zero-order valence-corrected chi connectivity index (χ0v) is 12.9. The van der Waals surface area contributed by atoms with Crippen LogP contribution in [0.25, 0.3) is 0 Å². The lowest BCUT2D eigenvalue weighted by molar-refractivity contribution is 0.692. The highest BCUT2D eigenvalue weighted by molar-refractivity contribution is 6.34. The molecule has 0 saturated carbocycles. The zero-order valence-electron chi connectivity index (χ0n) is 10.7. The van der Waals surface area contributed by atoms with E-state index in [0.717, 1.165) is 21.7 Å². The standard InChI is InChI=1S/C15H14Cl3N/c1-9-3-4-10(7-14(9)18)15(19-2)11-5-12(16)8-13(17)6-11/h3-8,15,19H,1-2H3. The van der Waals surface area contributed by atoms with Crippen molar-refractivity contribution in [3.8, 4) is 0 Å². The van der Waals surface area contributed by atoms with Crippen LogP contribution in [0.4, 0.5) is 0 Å². The summed E-state index contributed by atoms with van der Waals surface area (Å²) in [6, 6.07) is 11.6. The molecule has 2 rings (SSSR count). The smallest absolute Gasteiger partial charge is 0.0575 e. The van der Waals surface area contributed by atoms with E-state index in [4.69, 9.17) is 34.8 Å². The maximum absolute atomic E-state index is 6.18. The Morgan fingerprint density at radius 3 is 2.05 bits per heavy atom. The van der Waals surface area contributed by atoms with Gasteiger partial charge in [0.2, 0.25) is 0 Å². The molecule has 19 heavy (non-hydrogen) atoms. The van der Waals surface area contributed by atoms with Crippen LogP contribution in [0.15, 0.2) is 36.4 Å². The summed E-state index contributed by atoms with van der Waals surface area (Å²) in [5.41, 5.74) is 3.15. The van der Waals surface area contributed by atoms with Crippen molar-refractivity contribution in [1.29, 1.82) is 0 Å². The molecule has 0 aliphatic rings. The summed E-state index contributed by atoms with van der Waals surface area (Å²) in [4.78, 5) is 0. The Morgan fingerprint density at radius 2 is 1.53 bits per heavy atom. The highest BCUT2D eigenvalue weighted by atomic mass is 35.5. The van der Waals surface area contributed by atoms with Gasteiger partial charge >= 0.3 is 0 Å². The Labute approximate surface area is 128 Å². The fraction of sp³-hybridized carbons (Fsp3) is 0.200. The molecule has 0 aliphatic heterocycles. The van der Waals surface area contributed by atoms with E-state index in [0.29, 0.717) is 10.0 Å². The van der Waals surface area contributed by atoms with Gasteiger partial charge < -0.3 is 5.32 Å². The summed E-state index contributed by atoms with van der Waals surface area (Å²) in [6.45, 7) is 1.98. The summed E-state index contributed by atoms with van der Waals surface area (Å²) in [5.74, 6) is 0. The van der Waals surface area contributed by atoms with Gasteiger partial charge in [-0.2, -0.15) is 0 Å². The van der Waals surface area contributed by atoms with Crippen LogP contribution in [-0.4, -0.2) is 7.05 Å². The quantitative estimate of drug-likeness (QED) is 0.814. The van der Waals surface area contributed by atoms with Crippen molar-refractivity contribution in [2.45, 2.75) is 13.0 Å². The Balaban J connectivity index is 2.46. The van der Waals surface area contributed by atoms with Crippen molar-refractivity contribution >= 4 is 34.8 Å². The van der Waals surface area contributed by atoms with E-state index >= 15 is 0 Å². The second kappa shape index (κ2) is 6.15. The largest absolute Gasteiger partial charge is 0.309 e. The topological polar surface area (TPSA) is 12.0 Å². The maximum atomic E-state index is 6.18. The van der Waals surface area contributed by atoms with E-state index in [-0.39, 0.29) is 6.04 Å². The number of nitrogens with one attached hydrogen (secondary N) is 1. The first-order valence-electron chi connectivity index (χ1n) is 5.90. The average molecular weight is 315 g/mol. The Bertz CT molecular complexity index is 576. The summed E-state index contributed by atoms with van der Waals surface area (Å²) >= 11 is 18.3. The molecule has 2 aromatic rings. The average Bonchev–Trinajstić information content (AvgIpc) is 2.33. The van der Waals surface area contributed by atoms with Gasteiger partial charge in [0.05, 0.1) is 6.04 Å².